The van der Waals surface area contributed by atoms with Crippen LogP contribution in [0, 0.1) is 0 Å². The zero-order chi connectivity index (χ0) is 9.10. The molecule has 0 radical (unpaired) electrons. The van der Waals surface area contributed by atoms with Crippen LogP contribution in [0.1, 0.15) is 24.6 Å². The summed E-state index contributed by atoms with van der Waals surface area (Å²) in [6, 6.07) is 0. The fourth-order valence-electron chi connectivity index (χ4n) is 1.43. The van der Waals surface area contributed by atoms with Crippen molar-refractivity contribution < 1.29 is 9.26 Å². The minimum atomic E-state index is 0.253. The molecule has 1 aliphatic rings. The van der Waals surface area contributed by atoms with Crippen molar-refractivity contribution in [2.24, 2.45) is 0 Å². The number of halogens is 1. The van der Waals surface area contributed by atoms with Crippen molar-refractivity contribution in [2.75, 3.05) is 6.61 Å². The smallest absolute Gasteiger partial charge is 0.229 e. The van der Waals surface area contributed by atoms with Crippen molar-refractivity contribution in [1.82, 2.24) is 10.1 Å². The molecule has 4 nitrogen and oxygen atoms in total. The number of ether oxygens (including phenoxy) is 1. The Labute approximate surface area is 81.2 Å². The van der Waals surface area contributed by atoms with Gasteiger partial charge in [0.2, 0.25) is 5.89 Å². The van der Waals surface area contributed by atoms with Crippen molar-refractivity contribution >= 4 is 11.6 Å². The molecular formula is C8H11ClN2O2. The fraction of sp³-hybridized carbons (Fsp3) is 0.750. The molecule has 0 spiro atoms. The van der Waals surface area contributed by atoms with Gasteiger partial charge in [-0.15, -0.1) is 11.6 Å². The first-order valence-corrected chi connectivity index (χ1v) is 4.91. The first-order valence-electron chi connectivity index (χ1n) is 4.37. The van der Waals surface area contributed by atoms with Crippen molar-refractivity contribution in [3.8, 4) is 0 Å². The summed E-state index contributed by atoms with van der Waals surface area (Å²) < 4.78 is 10.4. The third-order valence-electron chi connectivity index (χ3n) is 2.06. The molecule has 13 heavy (non-hydrogen) atoms. The van der Waals surface area contributed by atoms with Crippen LogP contribution in [0.15, 0.2) is 4.52 Å². The zero-order valence-electron chi connectivity index (χ0n) is 7.20. The maximum atomic E-state index is 5.54. The predicted molar refractivity (Wildman–Crippen MR) is 46.5 cm³/mol. The van der Waals surface area contributed by atoms with Gasteiger partial charge in [-0.25, -0.2) is 0 Å². The van der Waals surface area contributed by atoms with E-state index in [1.165, 1.54) is 0 Å². The molecule has 1 atom stereocenters. The Hall–Kier alpha value is -0.610. The summed E-state index contributed by atoms with van der Waals surface area (Å²) in [6.07, 6.45) is 3.17. The molecule has 2 rings (SSSR count). The minimum Gasteiger partial charge on any atom is -0.378 e. The average molecular weight is 203 g/mol. The second-order valence-corrected chi connectivity index (χ2v) is 3.34. The van der Waals surface area contributed by atoms with E-state index in [1.807, 2.05) is 0 Å². The molecule has 1 aliphatic heterocycles. The maximum Gasteiger partial charge on any atom is 0.229 e. The molecule has 1 aromatic rings. The van der Waals surface area contributed by atoms with E-state index in [0.29, 0.717) is 24.0 Å². The molecule has 0 aliphatic carbocycles. The molecule has 0 amide bonds. The molecular weight excluding hydrogens is 192 g/mol. The highest BCUT2D eigenvalue weighted by Crippen LogP contribution is 2.16. The normalized spacial score (nSPS) is 22.4. The van der Waals surface area contributed by atoms with Crippen LogP contribution in [-0.4, -0.2) is 22.9 Å². The van der Waals surface area contributed by atoms with E-state index in [4.69, 9.17) is 20.9 Å². The van der Waals surface area contributed by atoms with E-state index < -0.39 is 0 Å². The van der Waals surface area contributed by atoms with E-state index in [2.05, 4.69) is 10.1 Å². The first kappa shape index (κ1) is 8.97. The highest BCUT2D eigenvalue weighted by Gasteiger charge is 2.19. The lowest BCUT2D eigenvalue weighted by Crippen LogP contribution is -2.08. The lowest BCUT2D eigenvalue weighted by Gasteiger charge is -2.03. The van der Waals surface area contributed by atoms with Crippen molar-refractivity contribution in [2.45, 2.75) is 31.2 Å². The van der Waals surface area contributed by atoms with Gasteiger partial charge in [-0.05, 0) is 12.8 Å². The average Bonchev–Trinajstić information content (AvgIpc) is 2.76. The second kappa shape index (κ2) is 4.07. The number of nitrogens with zero attached hydrogens (tertiary/aromatic N) is 2. The quantitative estimate of drug-likeness (QED) is 0.698. The molecule has 5 heteroatoms. The Morgan fingerprint density at radius 3 is 3.08 bits per heavy atom. The van der Waals surface area contributed by atoms with E-state index in [-0.39, 0.29) is 6.10 Å². The third-order valence-corrected chi connectivity index (χ3v) is 2.30. The highest BCUT2D eigenvalue weighted by molar-refractivity contribution is 6.16. The molecule has 72 valence electrons. The van der Waals surface area contributed by atoms with Crippen LogP contribution in [-0.2, 0) is 17.0 Å². The van der Waals surface area contributed by atoms with Crippen molar-refractivity contribution in [1.29, 1.82) is 0 Å². The topological polar surface area (TPSA) is 48.2 Å². The van der Waals surface area contributed by atoms with Crippen LogP contribution >= 0.6 is 11.6 Å². The summed E-state index contributed by atoms with van der Waals surface area (Å²) >= 11 is 5.54. The Morgan fingerprint density at radius 1 is 1.54 bits per heavy atom. The van der Waals surface area contributed by atoms with Gasteiger partial charge in [0.25, 0.3) is 0 Å². The summed E-state index contributed by atoms with van der Waals surface area (Å²) in [4.78, 5) is 4.10. The van der Waals surface area contributed by atoms with Gasteiger partial charge in [-0.3, -0.25) is 0 Å². The Kier molecular flexibility index (Phi) is 2.80. The van der Waals surface area contributed by atoms with Crippen molar-refractivity contribution in [3.63, 3.8) is 0 Å². The van der Waals surface area contributed by atoms with Crippen LogP contribution in [0.5, 0.6) is 0 Å². The molecule has 0 saturated carbocycles. The Bertz CT molecular complexity index is 271. The van der Waals surface area contributed by atoms with Crippen LogP contribution in [0.3, 0.4) is 0 Å². The molecule has 1 saturated heterocycles. The van der Waals surface area contributed by atoms with Gasteiger partial charge in [0.15, 0.2) is 5.82 Å². The van der Waals surface area contributed by atoms with Crippen molar-refractivity contribution in [3.05, 3.63) is 11.7 Å². The van der Waals surface area contributed by atoms with Gasteiger partial charge < -0.3 is 9.26 Å². The van der Waals surface area contributed by atoms with E-state index in [9.17, 15) is 0 Å². The maximum absolute atomic E-state index is 5.54. The van der Waals surface area contributed by atoms with Crippen LogP contribution in [0.4, 0.5) is 0 Å². The van der Waals surface area contributed by atoms with Crippen LogP contribution < -0.4 is 0 Å². The summed E-state index contributed by atoms with van der Waals surface area (Å²) in [5, 5.41) is 3.70. The van der Waals surface area contributed by atoms with Gasteiger partial charge in [0.05, 0.1) is 18.4 Å². The van der Waals surface area contributed by atoms with E-state index in [1.54, 1.807) is 0 Å². The van der Waals surface area contributed by atoms with Gasteiger partial charge in [0.1, 0.15) is 0 Å². The second-order valence-electron chi connectivity index (χ2n) is 3.08. The molecule has 1 unspecified atom stereocenters. The molecule has 0 aromatic carbocycles. The Morgan fingerprint density at radius 2 is 2.46 bits per heavy atom. The largest absolute Gasteiger partial charge is 0.378 e. The molecule has 0 bridgehead atoms. The lowest BCUT2D eigenvalue weighted by molar-refractivity contribution is 0.104. The predicted octanol–water partition coefficient (Wildman–Crippen LogP) is 1.53. The SMILES string of the molecule is ClCc1noc(CC2CCCO2)n1. The third kappa shape index (κ3) is 2.19. The standard InChI is InChI=1S/C8H11ClN2O2/c9-5-7-10-8(13-11-7)4-6-2-1-3-12-6/h6H,1-5H2. The summed E-state index contributed by atoms with van der Waals surface area (Å²) in [6.45, 7) is 0.848. The van der Waals surface area contributed by atoms with Crippen LogP contribution in [0.25, 0.3) is 0 Å². The summed E-state index contributed by atoms with van der Waals surface area (Å²) in [5.74, 6) is 1.48. The lowest BCUT2D eigenvalue weighted by atomic mass is 10.2. The summed E-state index contributed by atoms with van der Waals surface area (Å²) in [7, 11) is 0. The number of alkyl halides is 1. The van der Waals surface area contributed by atoms with Gasteiger partial charge in [-0.1, -0.05) is 5.16 Å². The van der Waals surface area contributed by atoms with Gasteiger partial charge >= 0.3 is 0 Å². The molecule has 0 N–H and O–H groups in total. The molecule has 1 fully saturated rings. The zero-order valence-corrected chi connectivity index (χ0v) is 7.96. The Balaban J connectivity index is 1.92. The molecule has 1 aromatic heterocycles. The number of rotatable bonds is 3. The highest BCUT2D eigenvalue weighted by atomic mass is 35.5. The summed E-state index contributed by atoms with van der Waals surface area (Å²) in [5.41, 5.74) is 0. The van der Waals surface area contributed by atoms with Gasteiger partial charge in [-0.2, -0.15) is 4.98 Å². The van der Waals surface area contributed by atoms with Gasteiger partial charge in [0, 0.05) is 6.61 Å². The van der Waals surface area contributed by atoms with E-state index >= 15 is 0 Å². The fourth-order valence-corrected chi connectivity index (χ4v) is 1.54. The number of aromatic nitrogens is 2. The van der Waals surface area contributed by atoms with E-state index in [0.717, 1.165) is 19.4 Å². The number of hydrogen-bond donors (Lipinski definition) is 0. The first-order chi connectivity index (χ1) is 6.38. The minimum absolute atomic E-state index is 0.253. The molecule has 2 heterocycles. The van der Waals surface area contributed by atoms with Crippen LogP contribution in [0.2, 0.25) is 0 Å². The number of hydrogen-bond acceptors (Lipinski definition) is 4. The monoisotopic (exact) mass is 202 g/mol.